The molecule has 0 saturated carbocycles. The summed E-state index contributed by atoms with van der Waals surface area (Å²) in [6.07, 6.45) is 4.22. The van der Waals surface area contributed by atoms with Gasteiger partial charge in [0.25, 0.3) is 0 Å². The molecule has 0 aliphatic carbocycles. The normalized spacial score (nSPS) is 16.7. The van der Waals surface area contributed by atoms with E-state index < -0.39 is 24.2 Å². The number of hydrogen-bond acceptors (Lipinski definition) is 12. The Bertz CT molecular complexity index is 2250. The van der Waals surface area contributed by atoms with E-state index in [0.717, 1.165) is 43.4 Å². The minimum Gasteiger partial charge on any atom is -0.350 e. The number of likely N-dealkylation sites (tertiary alicyclic amines) is 2. The minimum atomic E-state index is -0.881. The van der Waals surface area contributed by atoms with Crippen LogP contribution in [0.1, 0.15) is 102 Å². The molecule has 2 aliphatic heterocycles. The van der Waals surface area contributed by atoms with Crippen LogP contribution in [0.3, 0.4) is 0 Å². The summed E-state index contributed by atoms with van der Waals surface area (Å²) in [5.41, 5.74) is 9.60. The van der Waals surface area contributed by atoms with Gasteiger partial charge in [-0.3, -0.25) is 31.9 Å². The zero-order valence-corrected chi connectivity index (χ0v) is 46.7. The number of halogens is 1. The van der Waals surface area contributed by atoms with Crippen LogP contribution in [-0.2, 0) is 41.9 Å². The second-order valence-electron chi connectivity index (χ2n) is 18.9. The van der Waals surface area contributed by atoms with Gasteiger partial charge in [0.1, 0.15) is 24.2 Å². The van der Waals surface area contributed by atoms with Gasteiger partial charge in [-0.05, 0) is 86.5 Å². The number of hydrogen-bond donors (Lipinski definition) is 2. The second-order valence-corrected chi connectivity index (χ2v) is 24.2. The largest absolute Gasteiger partial charge is 0.350 e. The van der Waals surface area contributed by atoms with Crippen molar-refractivity contribution in [2.24, 2.45) is 11.8 Å². The quantitative estimate of drug-likeness (QED) is 0.0317. The number of carbonyl (C=O) groups excluding carboxylic acids is 6. The number of carbonyl (C=O) groups is 6. The van der Waals surface area contributed by atoms with Crippen molar-refractivity contribution in [3.8, 4) is 20.9 Å². The van der Waals surface area contributed by atoms with Gasteiger partial charge in [-0.1, -0.05) is 97.8 Å². The summed E-state index contributed by atoms with van der Waals surface area (Å²) in [6.45, 7) is 13.6. The Hall–Kier alpha value is -4.05. The number of aryl methyl sites for hydroxylation is 2. The molecule has 4 aromatic rings. The first-order valence-electron chi connectivity index (χ1n) is 24.2. The smallest absolute Gasteiger partial charge is 0.247 e. The van der Waals surface area contributed by atoms with Crippen LogP contribution in [0.5, 0.6) is 0 Å². The fraction of sp³-hybridized carbons (Fsp3) is 0.529. The topological polar surface area (TPSA) is 165 Å². The zero-order chi connectivity index (χ0) is 50.5. The summed E-state index contributed by atoms with van der Waals surface area (Å²) in [6, 6.07) is 12.9. The molecule has 378 valence electrons. The minimum absolute atomic E-state index is 0.154. The highest BCUT2D eigenvalue weighted by Gasteiger charge is 2.42. The number of nitrogens with one attached hydrogen (secondary N) is 2. The number of nitrogens with zero attached hydrogens (tertiary/aromatic N) is 6. The van der Waals surface area contributed by atoms with Gasteiger partial charge < -0.3 is 25.3 Å². The Balaban J connectivity index is 1.11. The van der Waals surface area contributed by atoms with Crippen molar-refractivity contribution in [1.82, 2.24) is 38.4 Å². The standard InChI is InChI=1S/C51H67IN8O6S4/c1-32(2)12-22-44(61)57(7)42(50(65)58-24-8-10-40(58)48(63)53-26-36-14-18-38(19-15-36)46-34(5)55-30-67-46)28-69-70-29-43(60(52)45(62)23-13-33(3)4)51(66)59-25-9-11-41(59)49(64)54-27-37-16-20-39(21-17-37)47-35(6)56-31-68-47/h14-21,30-33,40-43H,8-13,22-29H2,1-7H3,(H,53,63)(H,54,64)/t40-,41+,42-,43+/m1/s1. The number of likely N-dealkylation sites (N-methyl/N-ethyl adjacent to an activating group) is 1. The molecule has 14 nitrogen and oxygen atoms in total. The first-order chi connectivity index (χ1) is 33.5. The molecule has 2 fully saturated rings. The molecule has 19 heteroatoms. The molecule has 0 radical (unpaired) electrons. The molecule has 0 spiro atoms. The molecular formula is C51H67IN8O6S4. The summed E-state index contributed by atoms with van der Waals surface area (Å²) < 4.78 is 1.49. The lowest BCUT2D eigenvalue weighted by molar-refractivity contribution is -0.146. The highest BCUT2D eigenvalue weighted by Crippen LogP contribution is 2.33. The van der Waals surface area contributed by atoms with E-state index >= 15 is 0 Å². The van der Waals surface area contributed by atoms with Crippen LogP contribution in [0.4, 0.5) is 0 Å². The van der Waals surface area contributed by atoms with Crippen molar-refractivity contribution in [2.75, 3.05) is 31.6 Å². The van der Waals surface area contributed by atoms with Crippen LogP contribution >= 0.6 is 67.1 Å². The summed E-state index contributed by atoms with van der Waals surface area (Å²) in [4.78, 5) is 99.8. The van der Waals surface area contributed by atoms with E-state index in [0.29, 0.717) is 76.5 Å². The van der Waals surface area contributed by atoms with Crippen molar-refractivity contribution >= 4 is 103 Å². The van der Waals surface area contributed by atoms with Gasteiger partial charge in [0.15, 0.2) is 0 Å². The van der Waals surface area contributed by atoms with Gasteiger partial charge in [0, 0.05) is 57.6 Å². The number of benzene rings is 2. The van der Waals surface area contributed by atoms with Crippen LogP contribution in [-0.4, -0.2) is 119 Å². The fourth-order valence-electron chi connectivity index (χ4n) is 8.57. The van der Waals surface area contributed by atoms with Crippen molar-refractivity contribution in [3.63, 3.8) is 0 Å². The monoisotopic (exact) mass is 1140 g/mol. The van der Waals surface area contributed by atoms with Crippen LogP contribution in [0, 0.1) is 25.7 Å². The molecule has 2 aromatic carbocycles. The van der Waals surface area contributed by atoms with Crippen LogP contribution < -0.4 is 10.6 Å². The molecule has 0 unspecified atom stereocenters. The Kier molecular flexibility index (Phi) is 21.0. The second kappa shape index (κ2) is 26.6. The maximum atomic E-state index is 14.6. The first-order valence-corrected chi connectivity index (χ1v) is 29.4. The summed E-state index contributed by atoms with van der Waals surface area (Å²) >= 11 is 5.12. The number of thiazole rings is 2. The third-order valence-corrected chi connectivity index (χ3v) is 18.4. The predicted molar refractivity (Wildman–Crippen MR) is 292 cm³/mol. The molecule has 6 amide bonds. The van der Waals surface area contributed by atoms with E-state index in [1.54, 1.807) is 39.5 Å². The van der Waals surface area contributed by atoms with Crippen molar-refractivity contribution in [1.29, 1.82) is 0 Å². The van der Waals surface area contributed by atoms with E-state index in [-0.39, 0.29) is 59.8 Å². The van der Waals surface area contributed by atoms with Gasteiger partial charge >= 0.3 is 0 Å². The van der Waals surface area contributed by atoms with E-state index in [1.165, 1.54) is 29.6 Å². The fourth-order valence-corrected chi connectivity index (χ4v) is 13.6. The van der Waals surface area contributed by atoms with E-state index in [2.05, 4.69) is 34.4 Å². The number of rotatable bonds is 23. The maximum absolute atomic E-state index is 14.6. The lowest BCUT2D eigenvalue weighted by atomic mass is 10.1. The Labute approximate surface area is 443 Å². The number of aromatic nitrogens is 2. The predicted octanol–water partition coefficient (Wildman–Crippen LogP) is 9.09. The molecule has 2 N–H and O–H groups in total. The molecule has 4 atom stereocenters. The molecular weight excluding hydrogens is 1080 g/mol. The average molecular weight is 1140 g/mol. The van der Waals surface area contributed by atoms with Gasteiger partial charge in [0.2, 0.25) is 35.4 Å². The molecule has 6 rings (SSSR count). The zero-order valence-electron chi connectivity index (χ0n) is 41.3. The lowest BCUT2D eigenvalue weighted by Crippen LogP contribution is -2.54. The third-order valence-electron chi connectivity index (χ3n) is 12.9. The van der Waals surface area contributed by atoms with Gasteiger partial charge in [-0.2, -0.15) is 0 Å². The van der Waals surface area contributed by atoms with E-state index in [9.17, 15) is 28.8 Å². The summed E-state index contributed by atoms with van der Waals surface area (Å²) in [7, 11) is 4.38. The molecule has 2 saturated heterocycles. The maximum Gasteiger partial charge on any atom is 0.247 e. The van der Waals surface area contributed by atoms with Crippen molar-refractivity contribution < 1.29 is 28.8 Å². The van der Waals surface area contributed by atoms with Crippen molar-refractivity contribution in [2.45, 2.75) is 130 Å². The van der Waals surface area contributed by atoms with Gasteiger partial charge in [-0.25, -0.2) is 9.97 Å². The average Bonchev–Trinajstić information content (AvgIpc) is 4.20. The third kappa shape index (κ3) is 14.8. The highest BCUT2D eigenvalue weighted by atomic mass is 127. The highest BCUT2D eigenvalue weighted by molar-refractivity contribution is 14.1. The lowest BCUT2D eigenvalue weighted by Gasteiger charge is -2.33. The van der Waals surface area contributed by atoms with E-state index in [4.69, 9.17) is 0 Å². The van der Waals surface area contributed by atoms with Crippen LogP contribution in [0.25, 0.3) is 20.9 Å². The SMILES string of the molecule is Cc1ncsc1-c1ccc(CNC(=O)[C@H]2CCCN2C(=O)[C@@H](CSSC[C@@H](C(=O)N2CCC[C@H]2C(=O)NCc2ccc(-c3scnc3C)cc2)N(I)C(=O)CCC(C)C)N(C)C(=O)CCC(C)C)cc1. The molecule has 4 heterocycles. The number of amides is 6. The van der Waals surface area contributed by atoms with Crippen LogP contribution in [0.2, 0.25) is 0 Å². The molecule has 2 aliphatic rings. The van der Waals surface area contributed by atoms with Gasteiger partial charge in [0.05, 0.1) is 55.0 Å². The van der Waals surface area contributed by atoms with Gasteiger partial charge in [-0.15, -0.1) is 22.7 Å². The van der Waals surface area contributed by atoms with E-state index in [1.807, 2.05) is 110 Å². The summed E-state index contributed by atoms with van der Waals surface area (Å²) in [5.74, 6) is -0.404. The van der Waals surface area contributed by atoms with Crippen molar-refractivity contribution in [3.05, 3.63) is 82.1 Å². The Morgan fingerprint density at radius 1 is 0.671 bits per heavy atom. The Morgan fingerprint density at radius 3 is 1.50 bits per heavy atom. The summed E-state index contributed by atoms with van der Waals surface area (Å²) in [5, 5.41) is 6.10. The van der Waals surface area contributed by atoms with Crippen LogP contribution in [0.15, 0.2) is 59.6 Å². The molecule has 0 bridgehead atoms. The molecule has 2 aromatic heterocycles. The molecule has 70 heavy (non-hydrogen) atoms. The Morgan fingerprint density at radius 2 is 1.09 bits per heavy atom. The first kappa shape index (κ1) is 55.3.